The molecule has 0 unspecified atom stereocenters. The molecule has 0 bridgehead atoms. The van der Waals surface area contributed by atoms with Crippen molar-refractivity contribution in [3.8, 4) is 16.9 Å². The average Bonchev–Trinajstić information content (AvgIpc) is 3.22. The summed E-state index contributed by atoms with van der Waals surface area (Å²) in [5, 5.41) is 3.65. The zero-order chi connectivity index (χ0) is 16.7. The van der Waals surface area contributed by atoms with Crippen LogP contribution in [0.5, 0.6) is 0 Å². The predicted octanol–water partition coefficient (Wildman–Crippen LogP) is 4.09. The molecule has 1 aliphatic heterocycles. The van der Waals surface area contributed by atoms with Gasteiger partial charge in [-0.25, -0.2) is 9.07 Å². The van der Waals surface area contributed by atoms with Crippen LogP contribution in [0.3, 0.4) is 0 Å². The Hall–Kier alpha value is -2.50. The summed E-state index contributed by atoms with van der Waals surface area (Å²) in [4.78, 5) is 11.6. The Bertz CT molecular complexity index is 935. The molecular weight excluding hydrogens is 331 g/mol. The molecule has 4 nitrogen and oxygen atoms in total. The topological polar surface area (TPSA) is 44.1 Å². The summed E-state index contributed by atoms with van der Waals surface area (Å²) in [6.07, 6.45) is 0. The van der Waals surface area contributed by atoms with Crippen molar-refractivity contribution in [3.05, 3.63) is 71.2 Å². The molecule has 0 fully saturated rings. The second kappa shape index (κ2) is 5.85. The lowest BCUT2D eigenvalue weighted by Crippen LogP contribution is -2.02. The first-order valence-electron chi connectivity index (χ1n) is 7.38. The first-order chi connectivity index (χ1) is 11.6. The molecule has 0 aliphatic carbocycles. The third-order valence-corrected chi connectivity index (χ3v) is 4.23. The lowest BCUT2D eigenvalue weighted by molar-refractivity contribution is 0.107. The van der Waals surface area contributed by atoms with Gasteiger partial charge in [0.05, 0.1) is 24.6 Å². The van der Waals surface area contributed by atoms with E-state index in [1.807, 2.05) is 18.2 Å². The Morgan fingerprint density at radius 3 is 2.71 bits per heavy atom. The van der Waals surface area contributed by atoms with E-state index in [0.29, 0.717) is 24.6 Å². The van der Waals surface area contributed by atoms with Gasteiger partial charge in [-0.3, -0.25) is 4.79 Å². The number of benzene rings is 2. The average molecular weight is 343 g/mol. The molecule has 1 aromatic heterocycles. The van der Waals surface area contributed by atoms with Gasteiger partial charge in [-0.15, -0.1) is 0 Å². The number of aromatic nitrogens is 2. The van der Waals surface area contributed by atoms with Gasteiger partial charge in [-0.1, -0.05) is 18.2 Å². The highest BCUT2D eigenvalue weighted by Crippen LogP contribution is 2.33. The van der Waals surface area contributed by atoms with Gasteiger partial charge >= 0.3 is 0 Å². The van der Waals surface area contributed by atoms with Crippen molar-refractivity contribution in [1.29, 1.82) is 0 Å². The quantitative estimate of drug-likeness (QED) is 0.673. The molecule has 0 saturated heterocycles. The molecule has 2 aromatic carbocycles. The summed E-state index contributed by atoms with van der Waals surface area (Å²) in [7, 11) is 0. The van der Waals surface area contributed by atoms with Gasteiger partial charge in [-0.2, -0.15) is 5.10 Å². The molecule has 0 amide bonds. The van der Waals surface area contributed by atoms with Crippen molar-refractivity contribution in [2.75, 3.05) is 0 Å². The summed E-state index contributed by atoms with van der Waals surface area (Å²) in [6.45, 7) is 1.07. The van der Waals surface area contributed by atoms with E-state index in [0.717, 1.165) is 16.7 Å². The highest BCUT2D eigenvalue weighted by atomic mass is 35.5. The maximum absolute atomic E-state index is 13.2. The summed E-state index contributed by atoms with van der Waals surface area (Å²) < 4.78 is 20.3. The third kappa shape index (κ3) is 2.52. The van der Waals surface area contributed by atoms with Crippen LogP contribution in [0.4, 0.5) is 4.39 Å². The van der Waals surface area contributed by atoms with Crippen molar-refractivity contribution in [2.24, 2.45) is 0 Å². The minimum atomic E-state index is -0.638. The second-order valence-corrected chi connectivity index (χ2v) is 5.86. The van der Waals surface area contributed by atoms with E-state index in [2.05, 4.69) is 5.10 Å². The SMILES string of the molecule is O=C(Cl)c1cc(-c2cccc3c2COC3)n(-c2ccc(F)cc2)n1. The van der Waals surface area contributed by atoms with Crippen LogP contribution in [-0.2, 0) is 18.0 Å². The Morgan fingerprint density at radius 2 is 1.96 bits per heavy atom. The number of fused-ring (bicyclic) bond motifs is 1. The highest BCUT2D eigenvalue weighted by molar-refractivity contribution is 6.67. The number of halogens is 2. The normalized spacial score (nSPS) is 13.1. The summed E-state index contributed by atoms with van der Waals surface area (Å²) in [5.74, 6) is -0.338. The number of hydrogen-bond acceptors (Lipinski definition) is 3. The summed E-state index contributed by atoms with van der Waals surface area (Å²) >= 11 is 5.61. The fourth-order valence-corrected chi connectivity index (χ4v) is 2.98. The maximum Gasteiger partial charge on any atom is 0.272 e. The van der Waals surface area contributed by atoms with Crippen molar-refractivity contribution in [3.63, 3.8) is 0 Å². The Labute approximate surface area is 142 Å². The molecule has 0 radical (unpaired) electrons. The fraction of sp³-hybridized carbons (Fsp3) is 0.111. The van der Waals surface area contributed by atoms with Crippen LogP contribution in [0.1, 0.15) is 21.6 Å². The minimum absolute atomic E-state index is 0.146. The molecule has 0 N–H and O–H groups in total. The monoisotopic (exact) mass is 342 g/mol. The summed E-state index contributed by atoms with van der Waals surface area (Å²) in [6, 6.07) is 13.5. The molecule has 120 valence electrons. The van der Waals surface area contributed by atoms with Gasteiger partial charge in [0.2, 0.25) is 0 Å². The number of carbonyl (C=O) groups is 1. The van der Waals surface area contributed by atoms with Gasteiger partial charge in [0.1, 0.15) is 11.5 Å². The number of hydrogen-bond donors (Lipinski definition) is 0. The van der Waals surface area contributed by atoms with Crippen LogP contribution in [0.2, 0.25) is 0 Å². The Balaban J connectivity index is 1.93. The number of rotatable bonds is 3. The standard InChI is InChI=1S/C18H12ClFN2O2/c19-18(23)16-8-17(14-3-1-2-11-9-24-10-15(11)14)22(21-16)13-6-4-12(20)5-7-13/h1-8H,9-10H2. The van der Waals surface area contributed by atoms with Crippen LogP contribution in [0, 0.1) is 5.82 Å². The van der Waals surface area contributed by atoms with Gasteiger partial charge in [0.25, 0.3) is 5.24 Å². The molecule has 2 heterocycles. The highest BCUT2D eigenvalue weighted by Gasteiger charge is 2.21. The van der Waals surface area contributed by atoms with E-state index in [9.17, 15) is 9.18 Å². The zero-order valence-electron chi connectivity index (χ0n) is 12.5. The van der Waals surface area contributed by atoms with E-state index in [1.165, 1.54) is 12.1 Å². The first-order valence-corrected chi connectivity index (χ1v) is 7.76. The minimum Gasteiger partial charge on any atom is -0.372 e. The van der Waals surface area contributed by atoms with Gasteiger partial charge in [0, 0.05) is 5.56 Å². The van der Waals surface area contributed by atoms with E-state index in [4.69, 9.17) is 16.3 Å². The lowest BCUT2D eigenvalue weighted by atomic mass is 10.0. The Morgan fingerprint density at radius 1 is 1.17 bits per heavy atom. The second-order valence-electron chi connectivity index (χ2n) is 5.51. The van der Waals surface area contributed by atoms with Crippen LogP contribution >= 0.6 is 11.6 Å². The van der Waals surface area contributed by atoms with Gasteiger partial charge < -0.3 is 4.74 Å². The smallest absolute Gasteiger partial charge is 0.272 e. The molecule has 4 rings (SSSR count). The molecule has 24 heavy (non-hydrogen) atoms. The number of carbonyl (C=O) groups excluding carboxylic acids is 1. The van der Waals surface area contributed by atoms with Crippen molar-refractivity contribution in [1.82, 2.24) is 9.78 Å². The molecule has 0 saturated carbocycles. The fourth-order valence-electron chi connectivity index (χ4n) is 2.89. The molecule has 6 heteroatoms. The van der Waals surface area contributed by atoms with E-state index < -0.39 is 5.24 Å². The molecule has 1 aliphatic rings. The molecule has 3 aromatic rings. The van der Waals surface area contributed by atoms with Crippen LogP contribution in [-0.4, -0.2) is 15.0 Å². The lowest BCUT2D eigenvalue weighted by Gasteiger charge is -2.10. The number of ether oxygens (including phenoxy) is 1. The largest absolute Gasteiger partial charge is 0.372 e. The molecule has 0 atom stereocenters. The van der Waals surface area contributed by atoms with Gasteiger partial charge in [-0.05, 0) is 53.1 Å². The number of nitrogens with zero attached hydrogens (tertiary/aromatic N) is 2. The van der Waals surface area contributed by atoms with Crippen LogP contribution in [0.25, 0.3) is 16.9 Å². The van der Waals surface area contributed by atoms with Crippen LogP contribution < -0.4 is 0 Å². The van der Waals surface area contributed by atoms with Crippen LogP contribution in [0.15, 0.2) is 48.5 Å². The third-order valence-electron chi connectivity index (χ3n) is 4.03. The molecule has 0 spiro atoms. The van der Waals surface area contributed by atoms with Gasteiger partial charge in [0.15, 0.2) is 0 Å². The van der Waals surface area contributed by atoms with Crippen molar-refractivity contribution >= 4 is 16.8 Å². The first kappa shape index (κ1) is 15.1. The summed E-state index contributed by atoms with van der Waals surface area (Å²) in [5.41, 5.74) is 4.60. The van der Waals surface area contributed by atoms with E-state index in [-0.39, 0.29) is 11.5 Å². The molecular formula is C18H12ClFN2O2. The van der Waals surface area contributed by atoms with E-state index in [1.54, 1.807) is 22.9 Å². The van der Waals surface area contributed by atoms with Crippen molar-refractivity contribution < 1.29 is 13.9 Å². The predicted molar refractivity (Wildman–Crippen MR) is 87.6 cm³/mol. The maximum atomic E-state index is 13.2. The Kier molecular flexibility index (Phi) is 3.67. The zero-order valence-corrected chi connectivity index (χ0v) is 13.3. The van der Waals surface area contributed by atoms with Crippen molar-refractivity contribution in [2.45, 2.75) is 13.2 Å². The van der Waals surface area contributed by atoms with E-state index >= 15 is 0 Å².